The summed E-state index contributed by atoms with van der Waals surface area (Å²) in [6, 6.07) is 16.3. The van der Waals surface area contributed by atoms with E-state index in [1.54, 1.807) is 0 Å². The molecule has 0 saturated carbocycles. The predicted molar refractivity (Wildman–Crippen MR) is 110 cm³/mol. The van der Waals surface area contributed by atoms with Gasteiger partial charge in [-0.1, -0.05) is 44.2 Å². The summed E-state index contributed by atoms with van der Waals surface area (Å²) in [5, 5.41) is 0. The smallest absolute Gasteiger partial charge is 0.260 e. The molecule has 0 aromatic heterocycles. The number of hydrogen-bond donors (Lipinski definition) is 0. The normalized spacial score (nSPS) is 17.9. The number of piperidine rings is 1. The summed E-state index contributed by atoms with van der Waals surface area (Å²) in [6.07, 6.45) is 3.86. The molecule has 1 fully saturated rings. The Morgan fingerprint density at radius 3 is 2.50 bits per heavy atom. The van der Waals surface area contributed by atoms with Gasteiger partial charge in [-0.05, 0) is 48.1 Å². The number of fused-ring (bicyclic) bond motifs is 1. The van der Waals surface area contributed by atoms with Crippen LogP contribution in [0.15, 0.2) is 48.5 Å². The third-order valence-electron chi connectivity index (χ3n) is 6.09. The number of para-hydroxylation sites is 1. The maximum Gasteiger partial charge on any atom is 0.260 e. The van der Waals surface area contributed by atoms with E-state index in [9.17, 15) is 4.79 Å². The minimum atomic E-state index is -0.112. The second-order valence-electron chi connectivity index (χ2n) is 8.29. The van der Waals surface area contributed by atoms with Crippen LogP contribution in [0.2, 0.25) is 0 Å². The Balaban J connectivity index is 1.28. The third-order valence-corrected chi connectivity index (χ3v) is 6.09. The fraction of sp³-hybridized carbons (Fsp3) is 0.458. The molecule has 1 saturated heterocycles. The monoisotopic (exact) mass is 379 g/mol. The molecule has 2 heterocycles. The van der Waals surface area contributed by atoms with E-state index in [1.807, 2.05) is 23.1 Å². The van der Waals surface area contributed by atoms with Crippen molar-refractivity contribution in [2.45, 2.75) is 51.0 Å². The van der Waals surface area contributed by atoms with Crippen LogP contribution in [0.4, 0.5) is 0 Å². The highest BCUT2D eigenvalue weighted by atomic mass is 16.5. The van der Waals surface area contributed by atoms with Crippen molar-refractivity contribution in [1.82, 2.24) is 4.90 Å². The van der Waals surface area contributed by atoms with Gasteiger partial charge < -0.3 is 14.4 Å². The van der Waals surface area contributed by atoms with Gasteiger partial charge >= 0.3 is 0 Å². The topological polar surface area (TPSA) is 38.8 Å². The van der Waals surface area contributed by atoms with Gasteiger partial charge in [-0.2, -0.15) is 0 Å². The first-order valence-electron chi connectivity index (χ1n) is 10.3. The minimum Gasteiger partial charge on any atom is -0.487 e. The molecule has 0 radical (unpaired) electrons. The molecule has 0 atom stereocenters. The summed E-state index contributed by atoms with van der Waals surface area (Å²) in [4.78, 5) is 14.5. The summed E-state index contributed by atoms with van der Waals surface area (Å²) < 4.78 is 12.1. The zero-order valence-corrected chi connectivity index (χ0v) is 16.8. The molecular formula is C24H29NO3. The molecule has 2 aromatic rings. The van der Waals surface area contributed by atoms with Gasteiger partial charge in [-0.15, -0.1) is 0 Å². The van der Waals surface area contributed by atoms with Crippen molar-refractivity contribution in [3.63, 3.8) is 0 Å². The van der Waals surface area contributed by atoms with Crippen molar-refractivity contribution in [2.75, 3.05) is 19.7 Å². The summed E-state index contributed by atoms with van der Waals surface area (Å²) >= 11 is 0. The van der Waals surface area contributed by atoms with Crippen molar-refractivity contribution >= 4 is 5.91 Å². The molecular weight excluding hydrogens is 350 g/mol. The highest BCUT2D eigenvalue weighted by Crippen LogP contribution is 2.39. The van der Waals surface area contributed by atoms with Crippen LogP contribution in [0.1, 0.15) is 50.2 Å². The quantitative estimate of drug-likeness (QED) is 0.781. The third kappa shape index (κ3) is 4.01. The molecule has 2 aromatic carbocycles. The van der Waals surface area contributed by atoms with E-state index in [0.717, 1.165) is 50.3 Å². The Morgan fingerprint density at radius 1 is 1.07 bits per heavy atom. The number of benzene rings is 2. The van der Waals surface area contributed by atoms with E-state index in [-0.39, 0.29) is 18.1 Å². The Kier molecular flexibility index (Phi) is 5.29. The van der Waals surface area contributed by atoms with E-state index in [1.165, 1.54) is 11.1 Å². The highest BCUT2D eigenvalue weighted by Gasteiger charge is 2.40. The van der Waals surface area contributed by atoms with E-state index in [0.29, 0.717) is 5.92 Å². The van der Waals surface area contributed by atoms with Crippen LogP contribution < -0.4 is 9.47 Å². The molecule has 28 heavy (non-hydrogen) atoms. The lowest BCUT2D eigenvalue weighted by Gasteiger charge is -2.44. The predicted octanol–water partition coefficient (Wildman–Crippen LogP) is 4.58. The highest BCUT2D eigenvalue weighted by molar-refractivity contribution is 5.77. The van der Waals surface area contributed by atoms with Gasteiger partial charge in [0.05, 0.1) is 0 Å². The molecule has 4 rings (SSSR count). The molecule has 2 aliphatic rings. The molecule has 0 N–H and O–H groups in total. The number of carbonyl (C=O) groups excluding carboxylic acids is 1. The molecule has 4 nitrogen and oxygen atoms in total. The number of rotatable bonds is 4. The molecule has 0 bridgehead atoms. The molecule has 0 aliphatic carbocycles. The summed E-state index contributed by atoms with van der Waals surface area (Å²) in [6.45, 7) is 5.89. The number of amides is 1. The van der Waals surface area contributed by atoms with Crippen molar-refractivity contribution < 1.29 is 14.3 Å². The summed E-state index contributed by atoms with van der Waals surface area (Å²) in [5.74, 6) is 2.31. The molecule has 0 unspecified atom stereocenters. The van der Waals surface area contributed by atoms with Gasteiger partial charge in [0, 0.05) is 25.9 Å². The zero-order valence-electron chi connectivity index (χ0n) is 16.8. The van der Waals surface area contributed by atoms with Crippen molar-refractivity contribution in [2.24, 2.45) is 0 Å². The van der Waals surface area contributed by atoms with Crippen molar-refractivity contribution in [3.05, 3.63) is 59.7 Å². The maximum absolute atomic E-state index is 12.6. The average Bonchev–Trinajstić information content (AvgIpc) is 2.73. The first-order chi connectivity index (χ1) is 13.5. The standard InChI is InChI=1S/C24H29NO3/c1-18(2)19-7-9-21(10-8-19)27-17-23(26)25-15-13-24(14-16-25)12-11-20-5-3-4-6-22(20)28-24/h3-10,18H,11-17H2,1-2H3. The summed E-state index contributed by atoms with van der Waals surface area (Å²) in [5.41, 5.74) is 2.45. The van der Waals surface area contributed by atoms with Crippen LogP contribution >= 0.6 is 0 Å². The number of likely N-dealkylation sites (tertiary alicyclic amines) is 1. The van der Waals surface area contributed by atoms with Crippen molar-refractivity contribution in [3.8, 4) is 11.5 Å². The zero-order chi connectivity index (χ0) is 19.6. The fourth-order valence-corrected chi connectivity index (χ4v) is 4.16. The molecule has 2 aliphatic heterocycles. The Bertz CT molecular complexity index is 820. The Hall–Kier alpha value is -2.49. The molecule has 4 heteroatoms. The van der Waals surface area contributed by atoms with Gasteiger partial charge in [0.2, 0.25) is 0 Å². The van der Waals surface area contributed by atoms with Crippen LogP contribution in [0.3, 0.4) is 0 Å². The van der Waals surface area contributed by atoms with E-state index < -0.39 is 0 Å². The van der Waals surface area contributed by atoms with Gasteiger partial charge in [-0.25, -0.2) is 0 Å². The largest absolute Gasteiger partial charge is 0.487 e. The van der Waals surface area contributed by atoms with Gasteiger partial charge in [0.25, 0.3) is 5.91 Å². The van der Waals surface area contributed by atoms with Crippen LogP contribution in [0.5, 0.6) is 11.5 Å². The van der Waals surface area contributed by atoms with Gasteiger partial charge in [0.1, 0.15) is 17.1 Å². The fourth-order valence-electron chi connectivity index (χ4n) is 4.16. The van der Waals surface area contributed by atoms with Crippen LogP contribution in [-0.2, 0) is 11.2 Å². The van der Waals surface area contributed by atoms with Crippen LogP contribution in [-0.4, -0.2) is 36.1 Å². The van der Waals surface area contributed by atoms with E-state index >= 15 is 0 Å². The number of ether oxygens (including phenoxy) is 2. The SMILES string of the molecule is CC(C)c1ccc(OCC(=O)N2CCC3(CCc4ccccc4O3)CC2)cc1. The summed E-state index contributed by atoms with van der Waals surface area (Å²) in [7, 11) is 0. The van der Waals surface area contributed by atoms with Crippen LogP contribution in [0, 0.1) is 0 Å². The first kappa shape index (κ1) is 18.9. The molecule has 1 spiro atoms. The average molecular weight is 380 g/mol. The van der Waals surface area contributed by atoms with Crippen molar-refractivity contribution in [1.29, 1.82) is 0 Å². The second-order valence-corrected chi connectivity index (χ2v) is 8.29. The molecule has 148 valence electrons. The lowest BCUT2D eigenvalue weighted by molar-refractivity contribution is -0.137. The number of carbonyl (C=O) groups is 1. The first-order valence-corrected chi connectivity index (χ1v) is 10.3. The lowest BCUT2D eigenvalue weighted by atomic mass is 9.83. The van der Waals surface area contributed by atoms with E-state index in [2.05, 4.69) is 44.2 Å². The van der Waals surface area contributed by atoms with Gasteiger partial charge in [-0.3, -0.25) is 4.79 Å². The Morgan fingerprint density at radius 2 is 1.79 bits per heavy atom. The molecule has 1 amide bonds. The minimum absolute atomic E-state index is 0.0546. The van der Waals surface area contributed by atoms with Gasteiger partial charge in [0.15, 0.2) is 6.61 Å². The van der Waals surface area contributed by atoms with Crippen LogP contribution in [0.25, 0.3) is 0 Å². The number of nitrogens with zero attached hydrogens (tertiary/aromatic N) is 1. The Labute approximate surface area is 167 Å². The maximum atomic E-state index is 12.6. The number of hydrogen-bond acceptors (Lipinski definition) is 3. The lowest BCUT2D eigenvalue weighted by Crippen LogP contribution is -2.52. The second kappa shape index (κ2) is 7.86. The van der Waals surface area contributed by atoms with E-state index in [4.69, 9.17) is 9.47 Å². The number of aryl methyl sites for hydroxylation is 1.